The van der Waals surface area contributed by atoms with Crippen LogP contribution in [0, 0.1) is 11.6 Å². The number of halogens is 2. The van der Waals surface area contributed by atoms with Gasteiger partial charge in [0.05, 0.1) is 5.69 Å². The molecule has 1 atom stereocenters. The van der Waals surface area contributed by atoms with Crippen molar-refractivity contribution in [1.29, 1.82) is 0 Å². The van der Waals surface area contributed by atoms with Crippen LogP contribution in [0.2, 0.25) is 0 Å². The van der Waals surface area contributed by atoms with Gasteiger partial charge in [0, 0.05) is 12.0 Å². The van der Waals surface area contributed by atoms with Crippen molar-refractivity contribution in [1.82, 2.24) is 0 Å². The molecule has 0 saturated heterocycles. The van der Waals surface area contributed by atoms with Crippen molar-refractivity contribution >= 4 is 17.7 Å². The van der Waals surface area contributed by atoms with Crippen molar-refractivity contribution in [3.63, 3.8) is 0 Å². The number of anilines is 1. The van der Waals surface area contributed by atoms with Crippen LogP contribution in [-0.4, -0.2) is 28.8 Å². The van der Waals surface area contributed by atoms with E-state index >= 15 is 0 Å². The molecular weight excluding hydrogens is 284 g/mol. The fraction of sp³-hybridized carbons (Fsp3) is 0.429. The smallest absolute Gasteiger partial charge is 0.415 e. The molecular formula is C14H15F2NO4. The maximum absolute atomic E-state index is 13.9. The second-order valence-corrected chi connectivity index (χ2v) is 5.76. The van der Waals surface area contributed by atoms with Gasteiger partial charge in [-0.25, -0.2) is 18.4 Å². The summed E-state index contributed by atoms with van der Waals surface area (Å²) in [4.78, 5) is 24.1. The molecule has 5 nitrogen and oxygen atoms in total. The summed E-state index contributed by atoms with van der Waals surface area (Å²) in [5, 5.41) is 9.19. The van der Waals surface area contributed by atoms with Crippen LogP contribution in [0.25, 0.3) is 0 Å². The number of carbonyl (C=O) groups is 2. The topological polar surface area (TPSA) is 66.8 Å². The zero-order valence-corrected chi connectivity index (χ0v) is 11.8. The van der Waals surface area contributed by atoms with Crippen LogP contribution in [-0.2, 0) is 16.0 Å². The molecule has 1 aliphatic rings. The number of fused-ring (bicyclic) bond motifs is 1. The van der Waals surface area contributed by atoms with Crippen molar-refractivity contribution in [3.05, 3.63) is 29.3 Å². The molecule has 0 saturated carbocycles. The predicted molar refractivity (Wildman–Crippen MR) is 70.2 cm³/mol. The summed E-state index contributed by atoms with van der Waals surface area (Å²) in [6.45, 7) is 4.79. The van der Waals surface area contributed by atoms with E-state index in [1.54, 1.807) is 20.8 Å². The van der Waals surface area contributed by atoms with Crippen molar-refractivity contribution < 1.29 is 28.2 Å². The quantitative estimate of drug-likeness (QED) is 0.866. The van der Waals surface area contributed by atoms with Gasteiger partial charge in [0.25, 0.3) is 0 Å². The Hall–Kier alpha value is -2.18. The van der Waals surface area contributed by atoms with Crippen molar-refractivity contribution in [2.45, 2.75) is 38.8 Å². The Morgan fingerprint density at radius 2 is 1.86 bits per heavy atom. The number of carbonyl (C=O) groups excluding carboxylic acids is 1. The van der Waals surface area contributed by atoms with Gasteiger partial charge in [0.15, 0.2) is 0 Å². The number of nitrogens with zero attached hydrogens (tertiary/aromatic N) is 1. The van der Waals surface area contributed by atoms with Crippen LogP contribution in [0.4, 0.5) is 19.3 Å². The molecule has 114 valence electrons. The van der Waals surface area contributed by atoms with Crippen molar-refractivity contribution in [2.24, 2.45) is 0 Å². The standard InChI is InChI=1S/C14H15F2NO4/c1-14(2,3)21-13(20)17-10(12(18)19)6-7-8(15)4-5-9(16)11(7)17/h4-5,10H,6H2,1-3H3,(H,18,19)/t10-/m1/s1. The largest absolute Gasteiger partial charge is 0.480 e. The Bertz CT molecular complexity index is 610. The first kappa shape index (κ1) is 15.2. The van der Waals surface area contributed by atoms with E-state index in [0.29, 0.717) is 4.90 Å². The highest BCUT2D eigenvalue weighted by Crippen LogP contribution is 2.37. The fourth-order valence-electron chi connectivity index (χ4n) is 2.21. The molecule has 7 heteroatoms. The third-order valence-corrected chi connectivity index (χ3v) is 3.00. The third kappa shape index (κ3) is 2.81. The van der Waals surface area contributed by atoms with Gasteiger partial charge in [-0.1, -0.05) is 0 Å². The van der Waals surface area contributed by atoms with Crippen LogP contribution < -0.4 is 4.90 Å². The second kappa shape index (κ2) is 4.98. The minimum Gasteiger partial charge on any atom is -0.480 e. The molecule has 1 aromatic rings. The summed E-state index contributed by atoms with van der Waals surface area (Å²) in [6.07, 6.45) is -1.31. The molecule has 0 aromatic heterocycles. The molecule has 0 bridgehead atoms. The van der Waals surface area contributed by atoms with Gasteiger partial charge in [-0.15, -0.1) is 0 Å². The molecule has 1 aliphatic heterocycles. The van der Waals surface area contributed by atoms with Crippen LogP contribution in [0.15, 0.2) is 12.1 Å². The summed E-state index contributed by atoms with van der Waals surface area (Å²) in [5.74, 6) is -2.96. The highest BCUT2D eigenvalue weighted by atomic mass is 19.1. The highest BCUT2D eigenvalue weighted by molar-refractivity contribution is 5.98. The Morgan fingerprint density at radius 1 is 1.29 bits per heavy atom. The first-order valence-corrected chi connectivity index (χ1v) is 6.33. The lowest BCUT2D eigenvalue weighted by Crippen LogP contribution is -2.45. The lowest BCUT2D eigenvalue weighted by Gasteiger charge is -2.27. The fourth-order valence-corrected chi connectivity index (χ4v) is 2.21. The number of amides is 1. The van der Waals surface area contributed by atoms with Crippen LogP contribution in [0.3, 0.4) is 0 Å². The average molecular weight is 299 g/mol. The van der Waals surface area contributed by atoms with Gasteiger partial charge in [-0.3, -0.25) is 4.90 Å². The lowest BCUT2D eigenvalue weighted by atomic mass is 10.1. The summed E-state index contributed by atoms with van der Waals surface area (Å²) in [5.41, 5.74) is -1.38. The minimum atomic E-state index is -1.39. The molecule has 0 radical (unpaired) electrons. The minimum absolute atomic E-state index is 0.131. The maximum atomic E-state index is 13.9. The van der Waals surface area contributed by atoms with Crippen LogP contribution in [0.5, 0.6) is 0 Å². The predicted octanol–water partition coefficient (Wildman–Crippen LogP) is 2.72. The highest BCUT2D eigenvalue weighted by Gasteiger charge is 2.43. The molecule has 21 heavy (non-hydrogen) atoms. The van der Waals surface area contributed by atoms with Crippen molar-refractivity contribution in [3.8, 4) is 0 Å². The zero-order valence-electron chi connectivity index (χ0n) is 11.8. The molecule has 0 unspecified atom stereocenters. The second-order valence-electron chi connectivity index (χ2n) is 5.76. The summed E-state index contributed by atoms with van der Waals surface area (Å²) < 4.78 is 32.8. The van der Waals surface area contributed by atoms with Crippen LogP contribution >= 0.6 is 0 Å². The van der Waals surface area contributed by atoms with Gasteiger partial charge in [-0.05, 0) is 32.9 Å². The normalized spacial score (nSPS) is 17.6. The van der Waals surface area contributed by atoms with Gasteiger partial charge in [-0.2, -0.15) is 0 Å². The number of hydrogen-bond donors (Lipinski definition) is 1. The molecule has 0 fully saturated rings. The summed E-state index contributed by atoms with van der Waals surface area (Å²) in [7, 11) is 0. The summed E-state index contributed by atoms with van der Waals surface area (Å²) in [6, 6.07) is 0.378. The number of carboxylic acid groups (broad SMARTS) is 1. The maximum Gasteiger partial charge on any atom is 0.415 e. The molecule has 1 heterocycles. The average Bonchev–Trinajstić information content (AvgIpc) is 2.73. The van der Waals surface area contributed by atoms with Crippen molar-refractivity contribution in [2.75, 3.05) is 4.90 Å². The number of hydrogen-bond acceptors (Lipinski definition) is 3. The van der Waals surface area contributed by atoms with E-state index in [4.69, 9.17) is 4.74 Å². The van der Waals surface area contributed by atoms with E-state index in [9.17, 15) is 23.5 Å². The molecule has 0 spiro atoms. The zero-order chi connectivity index (χ0) is 15.9. The molecule has 0 aliphatic carbocycles. The first-order chi connectivity index (χ1) is 9.61. The Balaban J connectivity index is 2.50. The SMILES string of the molecule is CC(C)(C)OC(=O)N1c2c(F)ccc(F)c2C[C@@H]1C(=O)O. The number of rotatable bonds is 1. The molecule has 2 rings (SSSR count). The van der Waals surface area contributed by atoms with E-state index in [2.05, 4.69) is 0 Å². The number of ether oxygens (including phenoxy) is 1. The Labute approximate surface area is 120 Å². The van der Waals surface area contributed by atoms with Gasteiger partial charge in [0.2, 0.25) is 0 Å². The number of benzene rings is 1. The van der Waals surface area contributed by atoms with Gasteiger partial charge < -0.3 is 9.84 Å². The summed E-state index contributed by atoms with van der Waals surface area (Å²) >= 11 is 0. The molecule has 1 amide bonds. The van der Waals surface area contributed by atoms with E-state index in [0.717, 1.165) is 12.1 Å². The first-order valence-electron chi connectivity index (χ1n) is 6.33. The molecule has 1 N–H and O–H groups in total. The Kier molecular flexibility index (Phi) is 3.61. The number of aliphatic carboxylic acids is 1. The van der Waals surface area contributed by atoms with Gasteiger partial charge in [0.1, 0.15) is 23.3 Å². The lowest BCUT2D eigenvalue weighted by molar-refractivity contribution is -0.138. The van der Waals surface area contributed by atoms with Gasteiger partial charge >= 0.3 is 12.1 Å². The van der Waals surface area contributed by atoms with E-state index in [1.807, 2.05) is 0 Å². The monoisotopic (exact) mass is 299 g/mol. The molecule has 1 aromatic carbocycles. The van der Waals surface area contributed by atoms with E-state index in [1.165, 1.54) is 0 Å². The van der Waals surface area contributed by atoms with E-state index < -0.39 is 35.3 Å². The third-order valence-electron chi connectivity index (χ3n) is 3.00. The van der Waals surface area contributed by atoms with Crippen LogP contribution in [0.1, 0.15) is 26.3 Å². The van der Waals surface area contributed by atoms with E-state index in [-0.39, 0.29) is 17.7 Å². The number of carboxylic acids is 1. The Morgan fingerprint density at radius 3 is 2.38 bits per heavy atom.